The Kier molecular flexibility index (Phi) is 3.06. The molecule has 1 aliphatic rings. The Morgan fingerprint density at radius 1 is 1.44 bits per heavy atom. The van der Waals surface area contributed by atoms with E-state index in [-0.39, 0.29) is 25.5 Å². The van der Waals surface area contributed by atoms with Crippen molar-refractivity contribution in [3.63, 3.8) is 0 Å². The Balaban J connectivity index is 2.16. The molecule has 2 rings (SSSR count). The van der Waals surface area contributed by atoms with Crippen LogP contribution in [-0.2, 0) is 9.59 Å². The second-order valence-corrected chi connectivity index (χ2v) is 4.15. The molecule has 0 aromatic carbocycles. The standard InChI is InChI=1S/C11H11F2N3O2/c1-7(17)11(13)2-3-16(6-9(11)18)10-14-4-8(12)5-15-10/h4-5H,2-3,6H2,1H3. The summed E-state index contributed by atoms with van der Waals surface area (Å²) in [5.41, 5.74) is -2.41. The van der Waals surface area contributed by atoms with Crippen LogP contribution < -0.4 is 4.90 Å². The molecule has 18 heavy (non-hydrogen) atoms. The molecule has 0 aliphatic carbocycles. The average Bonchev–Trinajstić information content (AvgIpc) is 2.33. The van der Waals surface area contributed by atoms with Crippen LogP contribution in [0.5, 0.6) is 0 Å². The lowest BCUT2D eigenvalue weighted by atomic mass is 9.88. The van der Waals surface area contributed by atoms with Gasteiger partial charge in [-0.15, -0.1) is 0 Å². The molecule has 1 aromatic heterocycles. The van der Waals surface area contributed by atoms with Gasteiger partial charge < -0.3 is 4.90 Å². The molecule has 1 saturated heterocycles. The van der Waals surface area contributed by atoms with E-state index in [1.54, 1.807) is 0 Å². The van der Waals surface area contributed by atoms with Crippen LogP contribution in [-0.4, -0.2) is 40.3 Å². The Morgan fingerprint density at radius 2 is 2.06 bits per heavy atom. The van der Waals surface area contributed by atoms with Crippen molar-refractivity contribution >= 4 is 17.5 Å². The van der Waals surface area contributed by atoms with Crippen LogP contribution >= 0.6 is 0 Å². The van der Waals surface area contributed by atoms with Gasteiger partial charge in [-0.3, -0.25) is 9.59 Å². The molecule has 7 heteroatoms. The van der Waals surface area contributed by atoms with Crippen molar-refractivity contribution in [2.24, 2.45) is 0 Å². The maximum atomic E-state index is 14.0. The van der Waals surface area contributed by atoms with E-state index < -0.39 is 23.1 Å². The van der Waals surface area contributed by atoms with Gasteiger partial charge in [0, 0.05) is 13.0 Å². The molecule has 0 radical (unpaired) electrons. The van der Waals surface area contributed by atoms with E-state index in [0.717, 1.165) is 19.3 Å². The van der Waals surface area contributed by atoms with E-state index in [4.69, 9.17) is 0 Å². The zero-order chi connectivity index (χ0) is 13.3. The lowest BCUT2D eigenvalue weighted by molar-refractivity contribution is -0.142. The van der Waals surface area contributed by atoms with Gasteiger partial charge in [0.2, 0.25) is 11.6 Å². The largest absolute Gasteiger partial charge is 0.333 e. The van der Waals surface area contributed by atoms with Crippen molar-refractivity contribution in [2.75, 3.05) is 18.0 Å². The number of alkyl halides is 1. The fourth-order valence-electron chi connectivity index (χ4n) is 1.82. The highest BCUT2D eigenvalue weighted by molar-refractivity contribution is 6.11. The zero-order valence-electron chi connectivity index (χ0n) is 9.69. The van der Waals surface area contributed by atoms with E-state index in [2.05, 4.69) is 9.97 Å². The zero-order valence-corrected chi connectivity index (χ0v) is 9.69. The maximum Gasteiger partial charge on any atom is 0.229 e. The molecule has 0 spiro atoms. The summed E-state index contributed by atoms with van der Waals surface area (Å²) in [4.78, 5) is 31.6. The quantitative estimate of drug-likeness (QED) is 0.728. The van der Waals surface area contributed by atoms with Crippen molar-refractivity contribution in [1.82, 2.24) is 9.97 Å². The van der Waals surface area contributed by atoms with Crippen LogP contribution in [0.3, 0.4) is 0 Å². The number of anilines is 1. The molecule has 5 nitrogen and oxygen atoms in total. The predicted octanol–water partition coefficient (Wildman–Crippen LogP) is 0.692. The number of halogens is 2. The van der Waals surface area contributed by atoms with Gasteiger partial charge in [0.25, 0.3) is 0 Å². The first kappa shape index (κ1) is 12.5. The first-order valence-electron chi connectivity index (χ1n) is 5.39. The molecule has 0 amide bonds. The van der Waals surface area contributed by atoms with Gasteiger partial charge in [-0.25, -0.2) is 18.7 Å². The average molecular weight is 255 g/mol. The van der Waals surface area contributed by atoms with Gasteiger partial charge in [-0.2, -0.15) is 0 Å². The van der Waals surface area contributed by atoms with Gasteiger partial charge >= 0.3 is 0 Å². The number of hydrogen-bond acceptors (Lipinski definition) is 5. The number of carbonyl (C=O) groups is 2. The van der Waals surface area contributed by atoms with Crippen molar-refractivity contribution < 1.29 is 18.4 Å². The topological polar surface area (TPSA) is 63.2 Å². The number of nitrogens with zero attached hydrogens (tertiary/aromatic N) is 3. The first-order chi connectivity index (χ1) is 8.43. The van der Waals surface area contributed by atoms with E-state index in [1.807, 2.05) is 0 Å². The van der Waals surface area contributed by atoms with Crippen LogP contribution in [0, 0.1) is 5.82 Å². The van der Waals surface area contributed by atoms with Crippen molar-refractivity contribution in [3.8, 4) is 0 Å². The molecule has 1 aliphatic heterocycles. The predicted molar refractivity (Wildman–Crippen MR) is 58.3 cm³/mol. The maximum absolute atomic E-state index is 14.0. The summed E-state index contributed by atoms with van der Waals surface area (Å²) in [6, 6.07) is 0. The lowest BCUT2D eigenvalue weighted by Gasteiger charge is -2.33. The number of piperidine rings is 1. The minimum absolute atomic E-state index is 0.132. The van der Waals surface area contributed by atoms with Gasteiger partial charge in [0.05, 0.1) is 18.9 Å². The van der Waals surface area contributed by atoms with E-state index >= 15 is 0 Å². The van der Waals surface area contributed by atoms with Gasteiger partial charge in [-0.05, 0) is 6.92 Å². The lowest BCUT2D eigenvalue weighted by Crippen LogP contribution is -2.54. The summed E-state index contributed by atoms with van der Waals surface area (Å²) in [6.07, 6.45) is 1.70. The van der Waals surface area contributed by atoms with Crippen molar-refractivity contribution in [3.05, 3.63) is 18.2 Å². The molecule has 1 atom stereocenters. The van der Waals surface area contributed by atoms with Crippen LogP contribution in [0.4, 0.5) is 14.7 Å². The van der Waals surface area contributed by atoms with Gasteiger partial charge in [0.15, 0.2) is 17.4 Å². The van der Waals surface area contributed by atoms with Crippen LogP contribution in [0.1, 0.15) is 13.3 Å². The van der Waals surface area contributed by atoms with Gasteiger partial charge in [0.1, 0.15) is 0 Å². The summed E-state index contributed by atoms with van der Waals surface area (Å²) in [7, 11) is 0. The monoisotopic (exact) mass is 255 g/mol. The SMILES string of the molecule is CC(=O)C1(F)CCN(c2ncc(F)cn2)CC1=O. The summed E-state index contributed by atoms with van der Waals surface area (Å²) >= 11 is 0. The summed E-state index contributed by atoms with van der Waals surface area (Å²) in [5, 5.41) is 0. The first-order valence-corrected chi connectivity index (χ1v) is 5.39. The molecule has 96 valence electrons. The number of aromatic nitrogens is 2. The van der Waals surface area contributed by atoms with Crippen molar-refractivity contribution in [1.29, 1.82) is 0 Å². The normalized spacial score (nSPS) is 24.2. The molecule has 1 unspecified atom stereocenters. The minimum Gasteiger partial charge on any atom is -0.333 e. The molecular weight excluding hydrogens is 244 g/mol. The van der Waals surface area contributed by atoms with Crippen LogP contribution in [0.2, 0.25) is 0 Å². The number of ketones is 2. The third-order valence-corrected chi connectivity index (χ3v) is 2.95. The molecule has 2 heterocycles. The van der Waals surface area contributed by atoms with Gasteiger partial charge in [-0.1, -0.05) is 0 Å². The molecule has 1 aromatic rings. The van der Waals surface area contributed by atoms with E-state index in [0.29, 0.717) is 0 Å². The van der Waals surface area contributed by atoms with Crippen molar-refractivity contribution in [2.45, 2.75) is 19.0 Å². The van der Waals surface area contributed by atoms with E-state index in [9.17, 15) is 18.4 Å². The summed E-state index contributed by atoms with van der Waals surface area (Å²) in [5.74, 6) is -2.04. The minimum atomic E-state index is -2.41. The smallest absolute Gasteiger partial charge is 0.229 e. The molecule has 0 saturated carbocycles. The molecular formula is C11H11F2N3O2. The van der Waals surface area contributed by atoms with E-state index in [1.165, 1.54) is 4.90 Å². The molecule has 1 fully saturated rings. The Hall–Kier alpha value is -1.92. The Morgan fingerprint density at radius 3 is 2.56 bits per heavy atom. The summed E-state index contributed by atoms with van der Waals surface area (Å²) in [6.45, 7) is 0.900. The number of carbonyl (C=O) groups excluding carboxylic acids is 2. The Labute approximate surface area is 102 Å². The second-order valence-electron chi connectivity index (χ2n) is 4.15. The fourth-order valence-corrected chi connectivity index (χ4v) is 1.82. The van der Waals surface area contributed by atoms with Crippen LogP contribution in [0.25, 0.3) is 0 Å². The molecule has 0 N–H and O–H groups in total. The third-order valence-electron chi connectivity index (χ3n) is 2.95. The highest BCUT2D eigenvalue weighted by atomic mass is 19.1. The highest BCUT2D eigenvalue weighted by Gasteiger charge is 2.47. The number of rotatable bonds is 2. The molecule has 0 bridgehead atoms. The Bertz CT molecular complexity index is 492. The summed E-state index contributed by atoms with van der Waals surface area (Å²) < 4.78 is 26.7. The third kappa shape index (κ3) is 2.07. The number of hydrogen-bond donors (Lipinski definition) is 0. The number of Topliss-reactive ketones (excluding diaryl/α,β-unsaturated/α-hetero) is 2. The fraction of sp³-hybridized carbons (Fsp3) is 0.455. The highest BCUT2D eigenvalue weighted by Crippen LogP contribution is 2.26. The van der Waals surface area contributed by atoms with Crippen LogP contribution in [0.15, 0.2) is 12.4 Å². The second kappa shape index (κ2) is 4.40.